The van der Waals surface area contributed by atoms with Crippen molar-refractivity contribution in [3.05, 3.63) is 53.3 Å². The van der Waals surface area contributed by atoms with E-state index in [1.165, 1.54) is 7.11 Å². The van der Waals surface area contributed by atoms with Crippen molar-refractivity contribution >= 4 is 5.97 Å². The lowest BCUT2D eigenvalue weighted by atomic mass is 10.2. The molecule has 0 aliphatic heterocycles. The van der Waals surface area contributed by atoms with E-state index in [9.17, 15) is 4.79 Å². The first-order valence-electron chi connectivity index (χ1n) is 5.47. The SMILES string of the molecule is COC(=O)c1cccc(-n2c(C)ccc2C)c1. The first-order valence-corrected chi connectivity index (χ1v) is 5.47. The molecule has 0 aliphatic rings. The number of esters is 1. The highest BCUT2D eigenvalue weighted by molar-refractivity contribution is 5.89. The molecule has 0 bridgehead atoms. The monoisotopic (exact) mass is 229 g/mol. The number of carbonyl (C=O) groups is 1. The number of methoxy groups -OCH3 is 1. The molecule has 0 aliphatic carbocycles. The topological polar surface area (TPSA) is 31.2 Å². The van der Waals surface area contributed by atoms with Crippen LogP contribution >= 0.6 is 0 Å². The van der Waals surface area contributed by atoms with Gasteiger partial charge < -0.3 is 9.30 Å². The van der Waals surface area contributed by atoms with Gasteiger partial charge in [0.1, 0.15) is 0 Å². The van der Waals surface area contributed by atoms with Crippen LogP contribution in [-0.2, 0) is 4.74 Å². The summed E-state index contributed by atoms with van der Waals surface area (Å²) in [6, 6.07) is 11.5. The van der Waals surface area contributed by atoms with E-state index in [0.29, 0.717) is 5.56 Å². The number of ether oxygens (including phenoxy) is 1. The Morgan fingerprint density at radius 1 is 1.12 bits per heavy atom. The van der Waals surface area contributed by atoms with Crippen LogP contribution in [-0.4, -0.2) is 17.6 Å². The molecule has 2 rings (SSSR count). The maximum atomic E-state index is 11.5. The maximum Gasteiger partial charge on any atom is 0.337 e. The van der Waals surface area contributed by atoms with E-state index in [0.717, 1.165) is 17.1 Å². The fraction of sp³-hybridized carbons (Fsp3) is 0.214. The van der Waals surface area contributed by atoms with Crippen LogP contribution in [0.5, 0.6) is 0 Å². The van der Waals surface area contributed by atoms with E-state index in [1.807, 2.05) is 32.0 Å². The summed E-state index contributed by atoms with van der Waals surface area (Å²) in [5.41, 5.74) is 3.83. The van der Waals surface area contributed by atoms with Crippen LogP contribution in [0.1, 0.15) is 21.7 Å². The summed E-state index contributed by atoms with van der Waals surface area (Å²) < 4.78 is 6.82. The van der Waals surface area contributed by atoms with Gasteiger partial charge in [0.25, 0.3) is 0 Å². The van der Waals surface area contributed by atoms with Crippen molar-refractivity contribution in [3.8, 4) is 5.69 Å². The van der Waals surface area contributed by atoms with E-state index in [-0.39, 0.29) is 5.97 Å². The van der Waals surface area contributed by atoms with E-state index in [1.54, 1.807) is 6.07 Å². The van der Waals surface area contributed by atoms with Crippen molar-refractivity contribution < 1.29 is 9.53 Å². The molecule has 1 heterocycles. The van der Waals surface area contributed by atoms with Crippen LogP contribution in [0, 0.1) is 13.8 Å². The molecule has 0 unspecified atom stereocenters. The normalized spacial score (nSPS) is 10.3. The highest BCUT2D eigenvalue weighted by Crippen LogP contribution is 2.17. The van der Waals surface area contributed by atoms with Gasteiger partial charge in [-0.05, 0) is 44.2 Å². The van der Waals surface area contributed by atoms with Crippen LogP contribution in [0.4, 0.5) is 0 Å². The second kappa shape index (κ2) is 4.45. The molecule has 0 atom stereocenters. The molecule has 88 valence electrons. The van der Waals surface area contributed by atoms with Crippen molar-refractivity contribution in [3.63, 3.8) is 0 Å². The Kier molecular flexibility index (Phi) is 3.00. The van der Waals surface area contributed by atoms with E-state index < -0.39 is 0 Å². The van der Waals surface area contributed by atoms with Crippen molar-refractivity contribution in [2.45, 2.75) is 13.8 Å². The minimum absolute atomic E-state index is 0.311. The number of rotatable bonds is 2. The molecule has 0 fully saturated rings. The van der Waals surface area contributed by atoms with Crippen molar-refractivity contribution in [2.24, 2.45) is 0 Å². The number of aromatic nitrogens is 1. The first-order chi connectivity index (χ1) is 8.13. The van der Waals surface area contributed by atoms with Gasteiger partial charge in [0.15, 0.2) is 0 Å². The minimum atomic E-state index is -0.311. The summed E-state index contributed by atoms with van der Waals surface area (Å²) >= 11 is 0. The van der Waals surface area contributed by atoms with Gasteiger partial charge in [0, 0.05) is 17.1 Å². The third kappa shape index (κ3) is 2.09. The molecule has 0 spiro atoms. The van der Waals surface area contributed by atoms with Gasteiger partial charge in [-0.1, -0.05) is 6.07 Å². The second-order valence-electron chi connectivity index (χ2n) is 3.99. The lowest BCUT2D eigenvalue weighted by molar-refractivity contribution is 0.0600. The molecule has 3 nitrogen and oxygen atoms in total. The first kappa shape index (κ1) is 11.5. The second-order valence-corrected chi connectivity index (χ2v) is 3.99. The molecule has 3 heteroatoms. The lowest BCUT2D eigenvalue weighted by Gasteiger charge is -2.10. The van der Waals surface area contributed by atoms with E-state index >= 15 is 0 Å². The number of nitrogens with zero attached hydrogens (tertiary/aromatic N) is 1. The van der Waals surface area contributed by atoms with Crippen LogP contribution in [0.25, 0.3) is 5.69 Å². The molecule has 2 aromatic rings. The largest absolute Gasteiger partial charge is 0.465 e. The number of carbonyl (C=O) groups excluding carboxylic acids is 1. The highest BCUT2D eigenvalue weighted by Gasteiger charge is 2.08. The Labute approximate surface area is 101 Å². The van der Waals surface area contributed by atoms with Gasteiger partial charge >= 0.3 is 5.97 Å². The van der Waals surface area contributed by atoms with Gasteiger partial charge in [-0.2, -0.15) is 0 Å². The number of hydrogen-bond donors (Lipinski definition) is 0. The van der Waals surface area contributed by atoms with E-state index in [2.05, 4.69) is 16.7 Å². The third-order valence-corrected chi connectivity index (χ3v) is 2.80. The Morgan fingerprint density at radius 3 is 2.35 bits per heavy atom. The molecular formula is C14H15NO2. The van der Waals surface area contributed by atoms with Crippen LogP contribution in [0.3, 0.4) is 0 Å². The zero-order chi connectivity index (χ0) is 12.4. The zero-order valence-corrected chi connectivity index (χ0v) is 10.2. The molecule has 0 radical (unpaired) electrons. The molecule has 0 saturated heterocycles. The number of aryl methyl sites for hydroxylation is 2. The smallest absolute Gasteiger partial charge is 0.337 e. The molecule has 0 N–H and O–H groups in total. The average Bonchev–Trinajstić information content (AvgIpc) is 2.68. The van der Waals surface area contributed by atoms with E-state index in [4.69, 9.17) is 4.74 Å². The van der Waals surface area contributed by atoms with Gasteiger partial charge in [-0.25, -0.2) is 4.79 Å². The molecule has 0 amide bonds. The van der Waals surface area contributed by atoms with Crippen LogP contribution in [0.15, 0.2) is 36.4 Å². The van der Waals surface area contributed by atoms with Gasteiger partial charge in [-0.3, -0.25) is 0 Å². The van der Waals surface area contributed by atoms with Gasteiger partial charge in [0.05, 0.1) is 12.7 Å². The predicted octanol–water partition coefficient (Wildman–Crippen LogP) is 2.88. The summed E-state index contributed by atoms with van der Waals surface area (Å²) in [5.74, 6) is -0.311. The fourth-order valence-electron chi connectivity index (χ4n) is 1.97. The number of hydrogen-bond acceptors (Lipinski definition) is 2. The Bertz CT molecular complexity index is 536. The van der Waals surface area contributed by atoms with Crippen molar-refractivity contribution in [2.75, 3.05) is 7.11 Å². The van der Waals surface area contributed by atoms with Crippen molar-refractivity contribution in [1.82, 2.24) is 4.57 Å². The summed E-state index contributed by atoms with van der Waals surface area (Å²) in [5, 5.41) is 0. The third-order valence-electron chi connectivity index (χ3n) is 2.80. The minimum Gasteiger partial charge on any atom is -0.465 e. The quantitative estimate of drug-likeness (QED) is 0.741. The zero-order valence-electron chi connectivity index (χ0n) is 10.2. The van der Waals surface area contributed by atoms with Gasteiger partial charge in [-0.15, -0.1) is 0 Å². The molecule has 1 aromatic carbocycles. The Hall–Kier alpha value is -2.03. The van der Waals surface area contributed by atoms with Crippen LogP contribution in [0.2, 0.25) is 0 Å². The molecule has 0 saturated carbocycles. The summed E-state index contributed by atoms with van der Waals surface area (Å²) in [6.07, 6.45) is 0. The average molecular weight is 229 g/mol. The summed E-state index contributed by atoms with van der Waals surface area (Å²) in [6.45, 7) is 4.08. The highest BCUT2D eigenvalue weighted by atomic mass is 16.5. The summed E-state index contributed by atoms with van der Waals surface area (Å²) in [4.78, 5) is 11.5. The molecular weight excluding hydrogens is 214 g/mol. The Balaban J connectivity index is 2.50. The summed E-state index contributed by atoms with van der Waals surface area (Å²) in [7, 11) is 1.39. The maximum absolute atomic E-state index is 11.5. The molecule has 17 heavy (non-hydrogen) atoms. The van der Waals surface area contributed by atoms with Crippen LogP contribution < -0.4 is 0 Å². The Morgan fingerprint density at radius 2 is 1.76 bits per heavy atom. The number of benzene rings is 1. The van der Waals surface area contributed by atoms with Gasteiger partial charge in [0.2, 0.25) is 0 Å². The standard InChI is InChI=1S/C14H15NO2/c1-10-7-8-11(2)15(10)13-6-4-5-12(9-13)14(16)17-3/h4-9H,1-3H3. The molecule has 1 aromatic heterocycles. The lowest BCUT2D eigenvalue weighted by Crippen LogP contribution is -2.04. The predicted molar refractivity (Wildman–Crippen MR) is 66.6 cm³/mol. The van der Waals surface area contributed by atoms with Crippen molar-refractivity contribution in [1.29, 1.82) is 0 Å². The fourth-order valence-corrected chi connectivity index (χ4v) is 1.97.